The van der Waals surface area contributed by atoms with E-state index in [1.807, 2.05) is 0 Å². The second kappa shape index (κ2) is 4.69. The zero-order valence-electron chi connectivity index (χ0n) is 12.6. The van der Waals surface area contributed by atoms with E-state index < -0.39 is 4.92 Å². The molecular formula is C17H22N2O3. The normalized spacial score (nSPS) is 37.2. The Balaban J connectivity index is 1.68. The monoisotopic (exact) mass is 302 g/mol. The zero-order chi connectivity index (χ0) is 15.5. The van der Waals surface area contributed by atoms with Gasteiger partial charge in [0.05, 0.1) is 4.92 Å². The van der Waals surface area contributed by atoms with Crippen molar-refractivity contribution in [1.82, 2.24) is 0 Å². The summed E-state index contributed by atoms with van der Waals surface area (Å²) < 4.78 is 0. The minimum Gasteiger partial charge on any atom is -0.502 e. The molecule has 5 heteroatoms. The third-order valence-corrected chi connectivity index (χ3v) is 6.30. The van der Waals surface area contributed by atoms with Crippen molar-refractivity contribution in [3.63, 3.8) is 0 Å². The fourth-order valence-corrected chi connectivity index (χ4v) is 5.79. The van der Waals surface area contributed by atoms with Crippen LogP contribution in [0.25, 0.3) is 0 Å². The number of phenolic OH excluding ortho intramolecular Hbond substituents is 1. The molecule has 4 aliphatic rings. The van der Waals surface area contributed by atoms with Gasteiger partial charge in [0.1, 0.15) is 0 Å². The average Bonchev–Trinajstić information content (AvgIpc) is 2.45. The molecule has 0 aromatic heterocycles. The molecule has 5 rings (SSSR count). The van der Waals surface area contributed by atoms with Gasteiger partial charge in [0, 0.05) is 12.1 Å². The summed E-state index contributed by atoms with van der Waals surface area (Å²) in [7, 11) is 0. The van der Waals surface area contributed by atoms with Gasteiger partial charge in [-0.1, -0.05) is 6.07 Å². The molecule has 5 nitrogen and oxygen atoms in total. The summed E-state index contributed by atoms with van der Waals surface area (Å²) in [5, 5.41) is 20.7. The van der Waals surface area contributed by atoms with E-state index in [-0.39, 0.29) is 22.9 Å². The molecule has 3 N–H and O–H groups in total. The van der Waals surface area contributed by atoms with Crippen LogP contribution >= 0.6 is 0 Å². The van der Waals surface area contributed by atoms with Crippen molar-refractivity contribution in [2.45, 2.75) is 44.6 Å². The number of nitro benzene ring substituents is 1. The lowest BCUT2D eigenvalue weighted by atomic mass is 9.47. The second-order valence-electron chi connectivity index (χ2n) is 7.76. The van der Waals surface area contributed by atoms with Crippen LogP contribution in [0.1, 0.15) is 50.1 Å². The maximum atomic E-state index is 11.0. The Morgan fingerprint density at radius 1 is 1.18 bits per heavy atom. The molecule has 1 atom stereocenters. The molecule has 4 aliphatic carbocycles. The van der Waals surface area contributed by atoms with Gasteiger partial charge in [-0.2, -0.15) is 0 Å². The fourth-order valence-electron chi connectivity index (χ4n) is 5.79. The van der Waals surface area contributed by atoms with Crippen LogP contribution in [0.4, 0.5) is 5.69 Å². The Morgan fingerprint density at radius 2 is 1.73 bits per heavy atom. The number of aromatic hydroxyl groups is 1. The first-order chi connectivity index (χ1) is 10.5. The highest BCUT2D eigenvalue weighted by molar-refractivity contribution is 5.48. The van der Waals surface area contributed by atoms with Gasteiger partial charge in [-0.05, 0) is 73.3 Å². The quantitative estimate of drug-likeness (QED) is 0.660. The number of benzene rings is 1. The lowest BCUT2D eigenvalue weighted by Gasteiger charge is -2.59. The first kappa shape index (κ1) is 14.0. The lowest BCUT2D eigenvalue weighted by molar-refractivity contribution is -0.386. The van der Waals surface area contributed by atoms with Crippen molar-refractivity contribution in [3.8, 4) is 5.75 Å². The van der Waals surface area contributed by atoms with Gasteiger partial charge >= 0.3 is 5.69 Å². The maximum Gasteiger partial charge on any atom is 0.311 e. The van der Waals surface area contributed by atoms with Crippen molar-refractivity contribution >= 4 is 5.69 Å². The summed E-state index contributed by atoms with van der Waals surface area (Å²) in [5.74, 6) is 2.10. The Labute approximate surface area is 129 Å². The number of hydrogen-bond donors (Lipinski definition) is 2. The predicted octanol–water partition coefficient (Wildman–Crippen LogP) is 3.52. The largest absolute Gasteiger partial charge is 0.502 e. The van der Waals surface area contributed by atoms with Crippen LogP contribution in [-0.4, -0.2) is 10.0 Å². The molecule has 118 valence electrons. The van der Waals surface area contributed by atoms with Crippen LogP contribution in [0.3, 0.4) is 0 Å². The third kappa shape index (κ3) is 2.02. The van der Waals surface area contributed by atoms with Crippen LogP contribution in [-0.2, 0) is 0 Å². The number of nitro groups is 1. The molecule has 0 spiro atoms. The first-order valence-corrected chi connectivity index (χ1v) is 8.20. The molecule has 4 fully saturated rings. The predicted molar refractivity (Wildman–Crippen MR) is 82.3 cm³/mol. The molecule has 22 heavy (non-hydrogen) atoms. The Hall–Kier alpha value is -1.62. The van der Waals surface area contributed by atoms with Crippen LogP contribution in [0.5, 0.6) is 5.75 Å². The van der Waals surface area contributed by atoms with Gasteiger partial charge < -0.3 is 10.8 Å². The number of rotatable bonds is 3. The van der Waals surface area contributed by atoms with E-state index in [0.29, 0.717) is 0 Å². The molecule has 0 amide bonds. The molecule has 0 saturated heterocycles. The topological polar surface area (TPSA) is 89.4 Å². The molecule has 0 aliphatic heterocycles. The Kier molecular flexibility index (Phi) is 2.98. The van der Waals surface area contributed by atoms with Gasteiger partial charge in [0.15, 0.2) is 5.75 Å². The van der Waals surface area contributed by atoms with E-state index in [4.69, 9.17) is 5.73 Å². The highest BCUT2D eigenvalue weighted by Gasteiger charge is 2.53. The number of nitrogens with zero attached hydrogens (tertiary/aromatic N) is 1. The van der Waals surface area contributed by atoms with Gasteiger partial charge in [-0.15, -0.1) is 0 Å². The highest BCUT2D eigenvalue weighted by Crippen LogP contribution is 2.63. The standard InChI is InChI=1S/C17H22N2O3/c18-16(13-1-2-15(20)14(6-13)19(21)22)17-7-10-3-11(8-17)5-12(4-10)9-17/h1-2,6,10-12,16,20H,3-5,7-9,18H2. The number of hydrogen-bond acceptors (Lipinski definition) is 4. The summed E-state index contributed by atoms with van der Waals surface area (Å²) in [6, 6.07) is 4.47. The van der Waals surface area contributed by atoms with Gasteiger partial charge in [-0.3, -0.25) is 10.1 Å². The van der Waals surface area contributed by atoms with E-state index in [0.717, 1.165) is 42.6 Å². The summed E-state index contributed by atoms with van der Waals surface area (Å²) >= 11 is 0. The second-order valence-corrected chi connectivity index (χ2v) is 7.76. The Bertz CT molecular complexity index is 593. The smallest absolute Gasteiger partial charge is 0.311 e. The zero-order valence-corrected chi connectivity index (χ0v) is 12.6. The molecular weight excluding hydrogens is 280 g/mol. The Morgan fingerprint density at radius 3 is 2.23 bits per heavy atom. The van der Waals surface area contributed by atoms with Crippen LogP contribution < -0.4 is 5.73 Å². The molecule has 1 aromatic carbocycles. The minimum absolute atomic E-state index is 0.111. The van der Waals surface area contributed by atoms with Crippen LogP contribution in [0.2, 0.25) is 0 Å². The lowest BCUT2D eigenvalue weighted by Crippen LogP contribution is -2.50. The van der Waals surface area contributed by atoms with Crippen LogP contribution in [0, 0.1) is 33.3 Å². The van der Waals surface area contributed by atoms with Gasteiger partial charge in [-0.25, -0.2) is 0 Å². The van der Waals surface area contributed by atoms with Crippen molar-refractivity contribution in [1.29, 1.82) is 0 Å². The van der Waals surface area contributed by atoms with E-state index in [1.165, 1.54) is 31.4 Å². The summed E-state index contributed by atoms with van der Waals surface area (Å²) in [5.41, 5.74) is 7.28. The maximum absolute atomic E-state index is 11.0. The van der Waals surface area contributed by atoms with Crippen molar-refractivity contribution in [2.75, 3.05) is 0 Å². The van der Waals surface area contributed by atoms with Crippen molar-refractivity contribution in [2.24, 2.45) is 28.9 Å². The molecule has 0 heterocycles. The first-order valence-electron chi connectivity index (χ1n) is 8.20. The molecule has 1 aromatic rings. The van der Waals surface area contributed by atoms with E-state index >= 15 is 0 Å². The van der Waals surface area contributed by atoms with E-state index in [2.05, 4.69) is 0 Å². The highest BCUT2D eigenvalue weighted by atomic mass is 16.6. The average molecular weight is 302 g/mol. The number of nitrogens with two attached hydrogens (primary N) is 1. The SMILES string of the molecule is NC(c1ccc(O)c([N+](=O)[O-])c1)C12CC3CC(CC(C3)C1)C2. The van der Waals surface area contributed by atoms with Crippen LogP contribution in [0.15, 0.2) is 18.2 Å². The minimum atomic E-state index is -0.536. The van der Waals surface area contributed by atoms with Crippen molar-refractivity contribution < 1.29 is 10.0 Å². The molecule has 4 saturated carbocycles. The molecule has 0 radical (unpaired) electrons. The molecule has 1 unspecified atom stereocenters. The van der Waals surface area contributed by atoms with Gasteiger partial charge in [0.25, 0.3) is 0 Å². The fraction of sp³-hybridized carbons (Fsp3) is 0.647. The van der Waals surface area contributed by atoms with Gasteiger partial charge in [0.2, 0.25) is 0 Å². The third-order valence-electron chi connectivity index (χ3n) is 6.30. The molecule has 4 bridgehead atoms. The van der Waals surface area contributed by atoms with E-state index in [9.17, 15) is 15.2 Å². The van der Waals surface area contributed by atoms with E-state index in [1.54, 1.807) is 6.07 Å². The number of phenols is 1. The summed E-state index contributed by atoms with van der Waals surface area (Å²) in [6.45, 7) is 0. The van der Waals surface area contributed by atoms with Crippen molar-refractivity contribution in [3.05, 3.63) is 33.9 Å². The summed E-state index contributed by atoms with van der Waals surface area (Å²) in [4.78, 5) is 10.5. The summed E-state index contributed by atoms with van der Waals surface area (Å²) in [6.07, 6.45) is 7.53.